The van der Waals surface area contributed by atoms with E-state index in [-0.39, 0.29) is 17.0 Å². The zero-order chi connectivity index (χ0) is 16.2. The average molecular weight is 315 g/mol. The lowest BCUT2D eigenvalue weighted by Gasteiger charge is -2.16. The first-order valence-electron chi connectivity index (χ1n) is 7.58. The Morgan fingerprint density at radius 3 is 2.91 bits per heavy atom. The van der Waals surface area contributed by atoms with Gasteiger partial charge in [0.15, 0.2) is 0 Å². The molecule has 4 N–H and O–H groups in total. The number of nitrogens with zero attached hydrogens (tertiary/aromatic N) is 2. The molecule has 0 unspecified atom stereocenters. The van der Waals surface area contributed by atoms with E-state index >= 15 is 0 Å². The van der Waals surface area contributed by atoms with Gasteiger partial charge in [0.1, 0.15) is 11.4 Å². The maximum Gasteiger partial charge on any atom is 0.261 e. The Hall–Kier alpha value is -2.70. The monoisotopic (exact) mass is 315 g/mol. The summed E-state index contributed by atoms with van der Waals surface area (Å²) >= 11 is 0. The summed E-state index contributed by atoms with van der Waals surface area (Å²) in [5, 5.41) is 3.36. The summed E-state index contributed by atoms with van der Waals surface area (Å²) in [6, 6.07) is 4.79. The van der Waals surface area contributed by atoms with Crippen molar-refractivity contribution in [3.05, 3.63) is 52.5 Å². The number of halogens is 1. The minimum atomic E-state index is -0.648. The van der Waals surface area contributed by atoms with Crippen LogP contribution in [0.2, 0.25) is 0 Å². The normalized spacial score (nSPS) is 15.8. The molecular weight excluding hydrogens is 297 g/mol. The zero-order valence-corrected chi connectivity index (χ0v) is 12.6. The molecule has 0 amide bonds. The predicted octanol–water partition coefficient (Wildman–Crippen LogP) is 2.30. The second-order valence-corrected chi connectivity index (χ2v) is 5.55. The molecule has 120 valence electrons. The largest absolute Gasteiger partial charge is 0.383 e. The summed E-state index contributed by atoms with van der Waals surface area (Å²) in [4.78, 5) is 22.4. The van der Waals surface area contributed by atoms with Gasteiger partial charge < -0.3 is 16.0 Å². The number of nitrogens with two attached hydrogens (primary N) is 1. The molecular formula is C16H18FN5O. The van der Waals surface area contributed by atoms with Crippen LogP contribution < -0.4 is 16.6 Å². The van der Waals surface area contributed by atoms with E-state index in [1.54, 1.807) is 12.3 Å². The molecule has 0 aliphatic heterocycles. The molecule has 7 heteroatoms. The van der Waals surface area contributed by atoms with E-state index < -0.39 is 5.95 Å². The van der Waals surface area contributed by atoms with Crippen molar-refractivity contribution >= 4 is 17.2 Å². The molecule has 1 saturated carbocycles. The Kier molecular flexibility index (Phi) is 4.36. The second kappa shape index (κ2) is 6.60. The van der Waals surface area contributed by atoms with Crippen molar-refractivity contribution in [1.82, 2.24) is 9.97 Å². The average Bonchev–Trinajstić information content (AvgIpc) is 3.00. The lowest BCUT2D eigenvalue weighted by atomic mass is 10.1. The van der Waals surface area contributed by atoms with E-state index in [0.29, 0.717) is 17.4 Å². The van der Waals surface area contributed by atoms with Gasteiger partial charge in [0, 0.05) is 24.5 Å². The lowest BCUT2D eigenvalue weighted by molar-refractivity contribution is 0.584. The summed E-state index contributed by atoms with van der Waals surface area (Å²) < 4.78 is 13.1. The molecule has 2 aromatic rings. The molecule has 0 radical (unpaired) electrons. The van der Waals surface area contributed by atoms with Crippen molar-refractivity contribution in [1.29, 1.82) is 0 Å². The Morgan fingerprint density at radius 2 is 2.17 bits per heavy atom. The van der Waals surface area contributed by atoms with Crippen LogP contribution in [-0.4, -0.2) is 21.8 Å². The Bertz CT molecular complexity index is 780. The van der Waals surface area contributed by atoms with Gasteiger partial charge in [-0.15, -0.1) is 0 Å². The third-order valence-corrected chi connectivity index (χ3v) is 3.89. The molecule has 6 nitrogen and oxygen atoms in total. The van der Waals surface area contributed by atoms with Crippen LogP contribution in [0.5, 0.6) is 0 Å². The SMILES string of the molecule is NC(=Nc1ccnc(F)c1)c1c(NC2CCCC2)cc[nH]c1=O. The molecule has 0 aromatic carbocycles. The number of anilines is 1. The van der Waals surface area contributed by atoms with Crippen molar-refractivity contribution in [2.75, 3.05) is 5.32 Å². The molecule has 2 aromatic heterocycles. The number of H-pyrrole nitrogens is 1. The van der Waals surface area contributed by atoms with E-state index in [1.807, 2.05) is 0 Å². The molecule has 1 aliphatic carbocycles. The maximum absolute atomic E-state index is 13.1. The smallest absolute Gasteiger partial charge is 0.261 e. The number of hydrogen-bond donors (Lipinski definition) is 3. The van der Waals surface area contributed by atoms with Gasteiger partial charge in [0.05, 0.1) is 11.4 Å². The summed E-state index contributed by atoms with van der Waals surface area (Å²) in [5.41, 5.74) is 6.90. The summed E-state index contributed by atoms with van der Waals surface area (Å²) in [6.45, 7) is 0. The van der Waals surface area contributed by atoms with Crippen LogP contribution >= 0.6 is 0 Å². The van der Waals surface area contributed by atoms with E-state index in [0.717, 1.165) is 18.9 Å². The van der Waals surface area contributed by atoms with Gasteiger partial charge in [-0.2, -0.15) is 4.39 Å². The van der Waals surface area contributed by atoms with E-state index in [4.69, 9.17) is 5.73 Å². The van der Waals surface area contributed by atoms with Gasteiger partial charge in [-0.3, -0.25) is 4.79 Å². The molecule has 23 heavy (non-hydrogen) atoms. The summed E-state index contributed by atoms with van der Waals surface area (Å²) in [7, 11) is 0. The molecule has 3 rings (SSSR count). The maximum atomic E-state index is 13.1. The minimum Gasteiger partial charge on any atom is -0.383 e. The van der Waals surface area contributed by atoms with Crippen LogP contribution in [0, 0.1) is 5.95 Å². The number of aliphatic imine (C=N–C) groups is 1. The summed E-state index contributed by atoms with van der Waals surface area (Å²) in [5.74, 6) is -0.608. The number of hydrogen-bond acceptors (Lipinski definition) is 4. The Balaban J connectivity index is 1.95. The van der Waals surface area contributed by atoms with Crippen LogP contribution in [0.15, 0.2) is 40.4 Å². The fourth-order valence-electron chi connectivity index (χ4n) is 2.80. The van der Waals surface area contributed by atoms with Gasteiger partial charge in [0.2, 0.25) is 5.95 Å². The van der Waals surface area contributed by atoms with Crippen molar-refractivity contribution < 1.29 is 4.39 Å². The summed E-state index contributed by atoms with van der Waals surface area (Å²) in [6.07, 6.45) is 7.36. The standard InChI is InChI=1S/C16H18FN5O/c17-13-9-11(5-7-19-13)22-15(18)14-12(6-8-20-16(14)23)21-10-3-1-2-4-10/h5-10H,1-4H2,(H2,18,19,22)(H2,20,21,23). The number of rotatable bonds is 4. The van der Waals surface area contributed by atoms with Gasteiger partial charge >= 0.3 is 0 Å². The highest BCUT2D eigenvalue weighted by Crippen LogP contribution is 2.23. The van der Waals surface area contributed by atoms with Crippen LogP contribution in [0.25, 0.3) is 0 Å². The lowest BCUT2D eigenvalue weighted by Crippen LogP contribution is -2.28. The third-order valence-electron chi connectivity index (χ3n) is 3.89. The first-order valence-corrected chi connectivity index (χ1v) is 7.58. The molecule has 0 saturated heterocycles. The molecule has 1 aliphatic rings. The number of aromatic nitrogens is 2. The predicted molar refractivity (Wildman–Crippen MR) is 87.5 cm³/mol. The molecule has 0 bridgehead atoms. The topological polar surface area (TPSA) is 96.2 Å². The molecule has 0 atom stereocenters. The molecule has 2 heterocycles. The fraction of sp³-hybridized carbons (Fsp3) is 0.312. The first-order chi connectivity index (χ1) is 11.1. The van der Waals surface area contributed by atoms with Crippen LogP contribution in [0.4, 0.5) is 15.8 Å². The van der Waals surface area contributed by atoms with E-state index in [2.05, 4.69) is 20.3 Å². The number of amidine groups is 1. The Labute approximate surface area is 132 Å². The highest BCUT2D eigenvalue weighted by atomic mass is 19.1. The molecule has 1 fully saturated rings. The van der Waals surface area contributed by atoms with Crippen molar-refractivity contribution in [3.63, 3.8) is 0 Å². The van der Waals surface area contributed by atoms with Crippen molar-refractivity contribution in [2.45, 2.75) is 31.7 Å². The first kappa shape index (κ1) is 15.2. The minimum absolute atomic E-state index is 0.0398. The highest BCUT2D eigenvalue weighted by Gasteiger charge is 2.18. The highest BCUT2D eigenvalue weighted by molar-refractivity contribution is 6.03. The van der Waals surface area contributed by atoms with Gasteiger partial charge in [0.25, 0.3) is 5.56 Å². The second-order valence-electron chi connectivity index (χ2n) is 5.55. The fourth-order valence-corrected chi connectivity index (χ4v) is 2.80. The van der Waals surface area contributed by atoms with Crippen molar-refractivity contribution in [3.8, 4) is 0 Å². The van der Waals surface area contributed by atoms with Gasteiger partial charge in [-0.1, -0.05) is 12.8 Å². The quantitative estimate of drug-likeness (QED) is 0.458. The van der Waals surface area contributed by atoms with E-state index in [9.17, 15) is 9.18 Å². The van der Waals surface area contributed by atoms with Gasteiger partial charge in [-0.05, 0) is 25.0 Å². The Morgan fingerprint density at radius 1 is 1.39 bits per heavy atom. The van der Waals surface area contributed by atoms with Crippen LogP contribution in [-0.2, 0) is 0 Å². The third kappa shape index (κ3) is 3.56. The number of nitrogens with one attached hydrogen (secondary N) is 2. The zero-order valence-electron chi connectivity index (χ0n) is 12.6. The molecule has 0 spiro atoms. The van der Waals surface area contributed by atoms with E-state index in [1.165, 1.54) is 25.1 Å². The number of pyridine rings is 2. The van der Waals surface area contributed by atoms with Crippen LogP contribution in [0.1, 0.15) is 31.2 Å². The number of aromatic amines is 1. The van der Waals surface area contributed by atoms with Crippen molar-refractivity contribution in [2.24, 2.45) is 10.7 Å². The van der Waals surface area contributed by atoms with Crippen LogP contribution in [0.3, 0.4) is 0 Å². The van der Waals surface area contributed by atoms with Gasteiger partial charge in [-0.25, -0.2) is 9.98 Å².